The fraction of sp³-hybridized carbons (Fsp3) is 0.652. The first-order chi connectivity index (χ1) is 12.9. The average molecular weight is 369 g/mol. The number of nitrogens with one attached hydrogen (secondary N) is 1. The molecule has 1 N–H and O–H groups in total. The number of amides is 2. The molecule has 1 aliphatic carbocycles. The van der Waals surface area contributed by atoms with E-state index in [2.05, 4.69) is 42.3 Å². The number of nitrogens with zero attached hydrogens (tertiary/aromatic N) is 1. The van der Waals surface area contributed by atoms with Crippen molar-refractivity contribution in [3.63, 3.8) is 0 Å². The number of rotatable bonds is 4. The Hall–Kier alpha value is -1.68. The third-order valence-corrected chi connectivity index (χ3v) is 7.05. The Morgan fingerprint density at radius 3 is 2.30 bits per heavy atom. The van der Waals surface area contributed by atoms with E-state index < -0.39 is 5.41 Å². The smallest absolute Gasteiger partial charge is 0.236 e. The predicted octanol–water partition coefficient (Wildman–Crippen LogP) is 3.85. The summed E-state index contributed by atoms with van der Waals surface area (Å²) in [6.45, 7) is 8.91. The molecule has 1 aromatic rings. The highest BCUT2D eigenvalue weighted by molar-refractivity contribution is 6.03. The number of hydrogen-bond acceptors (Lipinski definition) is 3. The Labute approximate surface area is 162 Å². The first-order valence-electron chi connectivity index (χ1n) is 10.6. The highest BCUT2D eigenvalue weighted by Crippen LogP contribution is 2.47. The number of imide groups is 1. The minimum atomic E-state index is -0.586. The summed E-state index contributed by atoms with van der Waals surface area (Å²) in [7, 11) is 0. The van der Waals surface area contributed by atoms with Crippen LogP contribution in [0.1, 0.15) is 87.8 Å². The van der Waals surface area contributed by atoms with Crippen molar-refractivity contribution in [1.29, 1.82) is 0 Å². The zero-order valence-electron chi connectivity index (χ0n) is 16.9. The number of hydrogen-bond donors (Lipinski definition) is 1. The van der Waals surface area contributed by atoms with Gasteiger partial charge < -0.3 is 4.90 Å². The van der Waals surface area contributed by atoms with Gasteiger partial charge in [-0.3, -0.25) is 14.9 Å². The first-order valence-corrected chi connectivity index (χ1v) is 10.6. The normalized spacial score (nSPS) is 27.9. The molecule has 2 heterocycles. The van der Waals surface area contributed by atoms with Crippen LogP contribution in [0, 0.1) is 0 Å². The van der Waals surface area contributed by atoms with Gasteiger partial charge in [0.15, 0.2) is 0 Å². The zero-order chi connectivity index (χ0) is 19.2. The summed E-state index contributed by atoms with van der Waals surface area (Å²) in [5, 5.41) is 2.54. The second-order valence-corrected chi connectivity index (χ2v) is 9.23. The maximum Gasteiger partial charge on any atom is 0.236 e. The molecule has 1 saturated carbocycles. The van der Waals surface area contributed by atoms with E-state index in [-0.39, 0.29) is 11.8 Å². The molecular formula is C23H32N2O2. The van der Waals surface area contributed by atoms with Crippen molar-refractivity contribution >= 4 is 11.8 Å². The number of carbonyl (C=O) groups excluding carboxylic acids is 2. The Morgan fingerprint density at radius 2 is 1.70 bits per heavy atom. The molecule has 0 bridgehead atoms. The number of carbonyl (C=O) groups is 2. The van der Waals surface area contributed by atoms with Crippen molar-refractivity contribution < 1.29 is 9.59 Å². The molecule has 4 rings (SSSR count). The predicted molar refractivity (Wildman–Crippen MR) is 107 cm³/mol. The summed E-state index contributed by atoms with van der Waals surface area (Å²) in [5.74, 6) is 1.02. The summed E-state index contributed by atoms with van der Waals surface area (Å²) in [6.07, 6.45) is 6.02. The summed E-state index contributed by atoms with van der Waals surface area (Å²) in [6, 6.07) is 7.39. The van der Waals surface area contributed by atoms with Gasteiger partial charge in [0.1, 0.15) is 0 Å². The molecule has 0 spiro atoms. The molecule has 0 aromatic heterocycles. The van der Waals surface area contributed by atoms with Gasteiger partial charge in [-0.1, -0.05) is 18.2 Å². The van der Waals surface area contributed by atoms with Crippen molar-refractivity contribution in [3.8, 4) is 0 Å². The van der Waals surface area contributed by atoms with Crippen LogP contribution in [0.3, 0.4) is 0 Å². The SMILES string of the molecule is CC(C)N1CCC(c2ccc([C@@]3(C)CCC(=O)NC3=O)cc2C2CC2)CC1. The van der Waals surface area contributed by atoms with E-state index in [1.165, 1.54) is 49.9 Å². The summed E-state index contributed by atoms with van der Waals surface area (Å²) < 4.78 is 0. The van der Waals surface area contributed by atoms with Crippen LogP contribution in [0.25, 0.3) is 0 Å². The highest BCUT2D eigenvalue weighted by Gasteiger charge is 2.41. The van der Waals surface area contributed by atoms with Gasteiger partial charge in [0, 0.05) is 12.5 Å². The number of benzene rings is 1. The van der Waals surface area contributed by atoms with E-state index >= 15 is 0 Å². The third-order valence-electron chi connectivity index (χ3n) is 7.05. The van der Waals surface area contributed by atoms with E-state index in [0.29, 0.717) is 30.7 Å². The molecule has 1 atom stereocenters. The van der Waals surface area contributed by atoms with Crippen LogP contribution in [-0.2, 0) is 15.0 Å². The summed E-state index contributed by atoms with van der Waals surface area (Å²) in [5.41, 5.74) is 3.48. The van der Waals surface area contributed by atoms with E-state index in [9.17, 15) is 9.59 Å². The molecule has 27 heavy (non-hydrogen) atoms. The van der Waals surface area contributed by atoms with Gasteiger partial charge in [-0.15, -0.1) is 0 Å². The second-order valence-electron chi connectivity index (χ2n) is 9.23. The minimum Gasteiger partial charge on any atom is -0.301 e. The quantitative estimate of drug-likeness (QED) is 0.822. The fourth-order valence-corrected chi connectivity index (χ4v) is 4.84. The molecular weight excluding hydrogens is 336 g/mol. The standard InChI is InChI=1S/C23H32N2O2/c1-15(2)25-12-9-17(10-13-25)19-7-6-18(14-20(19)16-4-5-16)23(3)11-8-21(26)24-22(23)27/h6-7,14-17H,4-5,8-13H2,1-3H3,(H,24,26,27)/t23-/m1/s1. The van der Waals surface area contributed by atoms with Crippen LogP contribution < -0.4 is 5.32 Å². The third kappa shape index (κ3) is 3.56. The van der Waals surface area contributed by atoms with Crippen LogP contribution in [0.15, 0.2) is 18.2 Å². The maximum absolute atomic E-state index is 12.6. The Kier molecular flexibility index (Phi) is 4.87. The lowest BCUT2D eigenvalue weighted by Gasteiger charge is -2.36. The molecule has 1 aromatic carbocycles. The minimum absolute atomic E-state index is 0.140. The Balaban J connectivity index is 1.60. The van der Waals surface area contributed by atoms with E-state index in [0.717, 1.165) is 5.56 Å². The van der Waals surface area contributed by atoms with Crippen molar-refractivity contribution in [2.45, 2.75) is 82.6 Å². The van der Waals surface area contributed by atoms with Crippen LogP contribution in [0.5, 0.6) is 0 Å². The van der Waals surface area contributed by atoms with Crippen molar-refractivity contribution in [2.24, 2.45) is 0 Å². The molecule has 146 valence electrons. The summed E-state index contributed by atoms with van der Waals surface area (Å²) >= 11 is 0. The molecule has 2 saturated heterocycles. The fourth-order valence-electron chi connectivity index (χ4n) is 4.84. The first kappa shape index (κ1) is 18.7. The van der Waals surface area contributed by atoms with Gasteiger partial charge in [-0.25, -0.2) is 0 Å². The lowest BCUT2D eigenvalue weighted by atomic mass is 9.73. The highest BCUT2D eigenvalue weighted by atomic mass is 16.2. The molecule has 0 radical (unpaired) electrons. The Bertz CT molecular complexity index is 745. The van der Waals surface area contributed by atoms with Gasteiger partial charge in [0.05, 0.1) is 5.41 Å². The van der Waals surface area contributed by atoms with Gasteiger partial charge in [0.25, 0.3) is 0 Å². The molecule has 3 fully saturated rings. The topological polar surface area (TPSA) is 49.4 Å². The van der Waals surface area contributed by atoms with Crippen LogP contribution in [0.2, 0.25) is 0 Å². The number of piperidine rings is 2. The van der Waals surface area contributed by atoms with Crippen molar-refractivity contribution in [3.05, 3.63) is 34.9 Å². The molecule has 2 aliphatic heterocycles. The zero-order valence-corrected chi connectivity index (χ0v) is 16.9. The van der Waals surface area contributed by atoms with Gasteiger partial charge >= 0.3 is 0 Å². The van der Waals surface area contributed by atoms with Crippen molar-refractivity contribution in [2.75, 3.05) is 13.1 Å². The Morgan fingerprint density at radius 1 is 1.04 bits per heavy atom. The molecule has 4 heteroatoms. The van der Waals surface area contributed by atoms with E-state index in [1.54, 1.807) is 0 Å². The molecule has 3 aliphatic rings. The van der Waals surface area contributed by atoms with E-state index in [1.807, 2.05) is 6.92 Å². The molecule has 4 nitrogen and oxygen atoms in total. The number of likely N-dealkylation sites (tertiary alicyclic amines) is 1. The largest absolute Gasteiger partial charge is 0.301 e. The van der Waals surface area contributed by atoms with Crippen LogP contribution in [-0.4, -0.2) is 35.8 Å². The average Bonchev–Trinajstić information content (AvgIpc) is 3.50. The molecule has 0 unspecified atom stereocenters. The van der Waals surface area contributed by atoms with Gasteiger partial charge in [-0.05, 0) is 94.5 Å². The maximum atomic E-state index is 12.6. The van der Waals surface area contributed by atoms with Crippen LogP contribution >= 0.6 is 0 Å². The molecule has 2 amide bonds. The van der Waals surface area contributed by atoms with Crippen LogP contribution in [0.4, 0.5) is 0 Å². The van der Waals surface area contributed by atoms with Crippen molar-refractivity contribution in [1.82, 2.24) is 10.2 Å². The van der Waals surface area contributed by atoms with Gasteiger partial charge in [-0.2, -0.15) is 0 Å². The van der Waals surface area contributed by atoms with E-state index in [4.69, 9.17) is 0 Å². The second kappa shape index (κ2) is 7.05. The monoisotopic (exact) mass is 368 g/mol. The lowest BCUT2D eigenvalue weighted by molar-refractivity contribution is -0.137. The summed E-state index contributed by atoms with van der Waals surface area (Å²) in [4.78, 5) is 26.7. The lowest BCUT2D eigenvalue weighted by Crippen LogP contribution is -2.49. The van der Waals surface area contributed by atoms with Gasteiger partial charge in [0.2, 0.25) is 11.8 Å².